The molecule has 0 aliphatic rings. The van der Waals surface area contributed by atoms with E-state index >= 15 is 0 Å². The van der Waals surface area contributed by atoms with E-state index in [0.29, 0.717) is 0 Å². The van der Waals surface area contributed by atoms with E-state index < -0.39 is 0 Å². The van der Waals surface area contributed by atoms with Gasteiger partial charge in [0.15, 0.2) is 6.20 Å². The lowest BCUT2D eigenvalue weighted by molar-refractivity contribution is -0.661. The van der Waals surface area contributed by atoms with E-state index in [0.717, 1.165) is 0 Å². The molecule has 0 aliphatic heterocycles. The van der Waals surface area contributed by atoms with Crippen LogP contribution in [0.25, 0.3) is 17.3 Å². The molecule has 1 aromatic heterocycles. The van der Waals surface area contributed by atoms with Gasteiger partial charge in [-0.1, -0.05) is 51.6 Å². The molecule has 0 bridgehead atoms. The predicted molar refractivity (Wildman–Crippen MR) is 86.6 cm³/mol. The third-order valence-electron chi connectivity index (χ3n) is 3.75. The van der Waals surface area contributed by atoms with Crippen LogP contribution < -0.4 is 4.57 Å². The molecule has 0 saturated heterocycles. The SMILES string of the molecule is C=Cc1cc(-c2ccccc2C)[n+](C)cc1C(C)(C)C. The number of rotatable bonds is 2. The second-order valence-corrected chi connectivity index (χ2v) is 6.41. The van der Waals surface area contributed by atoms with E-state index in [2.05, 4.69) is 82.4 Å². The Bertz CT molecular complexity index is 645. The lowest BCUT2D eigenvalue weighted by atomic mass is 9.84. The molecule has 0 spiro atoms. The molecule has 2 aromatic rings. The van der Waals surface area contributed by atoms with Gasteiger partial charge in [-0.15, -0.1) is 0 Å². The zero-order chi connectivity index (χ0) is 14.9. The number of benzene rings is 1. The first-order chi connectivity index (χ1) is 9.34. The van der Waals surface area contributed by atoms with Gasteiger partial charge in [0.25, 0.3) is 0 Å². The van der Waals surface area contributed by atoms with Gasteiger partial charge in [-0.2, -0.15) is 0 Å². The van der Waals surface area contributed by atoms with Crippen LogP contribution >= 0.6 is 0 Å². The van der Waals surface area contributed by atoms with Crippen LogP contribution in [0.4, 0.5) is 0 Å². The van der Waals surface area contributed by atoms with Crippen molar-refractivity contribution < 1.29 is 4.57 Å². The molecule has 2 rings (SSSR count). The van der Waals surface area contributed by atoms with Crippen molar-refractivity contribution in [3.8, 4) is 11.3 Å². The summed E-state index contributed by atoms with van der Waals surface area (Å²) in [5.74, 6) is 0. The smallest absolute Gasteiger partial charge is 0.201 e. The topological polar surface area (TPSA) is 3.88 Å². The standard InChI is InChI=1S/C19H24N/c1-7-15-12-18(16-11-9-8-10-14(16)2)20(6)13-17(15)19(3,4)5/h7-13H,1H2,2-6H3/q+1. The van der Waals surface area contributed by atoms with Crippen LogP contribution in [0.2, 0.25) is 0 Å². The molecule has 0 aliphatic carbocycles. The molecule has 0 unspecified atom stereocenters. The molecule has 0 amide bonds. The second kappa shape index (κ2) is 5.24. The minimum Gasteiger partial charge on any atom is -0.201 e. The Morgan fingerprint density at radius 1 is 1.15 bits per heavy atom. The summed E-state index contributed by atoms with van der Waals surface area (Å²) < 4.78 is 2.22. The molecule has 1 aromatic carbocycles. The Hall–Kier alpha value is -1.89. The lowest BCUT2D eigenvalue weighted by Crippen LogP contribution is -2.34. The quantitative estimate of drug-likeness (QED) is 0.708. The fraction of sp³-hybridized carbons (Fsp3) is 0.316. The second-order valence-electron chi connectivity index (χ2n) is 6.41. The number of pyridine rings is 1. The summed E-state index contributed by atoms with van der Waals surface area (Å²) in [4.78, 5) is 0. The molecule has 104 valence electrons. The maximum absolute atomic E-state index is 3.98. The fourth-order valence-electron chi connectivity index (χ4n) is 2.59. The number of aryl methyl sites for hydroxylation is 2. The highest BCUT2D eigenvalue weighted by Gasteiger charge is 2.23. The largest absolute Gasteiger partial charge is 0.213 e. The fourth-order valence-corrected chi connectivity index (χ4v) is 2.59. The zero-order valence-corrected chi connectivity index (χ0v) is 13.2. The van der Waals surface area contributed by atoms with Crippen molar-refractivity contribution in [1.82, 2.24) is 0 Å². The maximum Gasteiger partial charge on any atom is 0.213 e. The summed E-state index contributed by atoms with van der Waals surface area (Å²) in [6, 6.07) is 10.7. The van der Waals surface area contributed by atoms with Crippen molar-refractivity contribution in [2.75, 3.05) is 0 Å². The van der Waals surface area contributed by atoms with Crippen LogP contribution in [0.15, 0.2) is 43.1 Å². The lowest BCUT2D eigenvalue weighted by Gasteiger charge is -2.20. The van der Waals surface area contributed by atoms with Crippen molar-refractivity contribution in [2.45, 2.75) is 33.1 Å². The monoisotopic (exact) mass is 266 g/mol. The van der Waals surface area contributed by atoms with E-state index in [4.69, 9.17) is 0 Å². The highest BCUT2D eigenvalue weighted by Crippen LogP contribution is 2.29. The minimum absolute atomic E-state index is 0.117. The minimum atomic E-state index is 0.117. The third kappa shape index (κ3) is 2.67. The first-order valence-corrected chi connectivity index (χ1v) is 7.07. The van der Waals surface area contributed by atoms with Gasteiger partial charge in [0.1, 0.15) is 7.05 Å². The van der Waals surface area contributed by atoms with Crippen LogP contribution in [0.3, 0.4) is 0 Å². The summed E-state index contributed by atoms with van der Waals surface area (Å²) in [7, 11) is 2.11. The first-order valence-electron chi connectivity index (χ1n) is 7.07. The molecule has 1 nitrogen and oxygen atoms in total. The van der Waals surface area contributed by atoms with Crippen molar-refractivity contribution in [1.29, 1.82) is 0 Å². The summed E-state index contributed by atoms with van der Waals surface area (Å²) in [5, 5.41) is 0. The number of aromatic nitrogens is 1. The van der Waals surface area contributed by atoms with Gasteiger partial charge < -0.3 is 0 Å². The average molecular weight is 266 g/mol. The molecule has 0 radical (unpaired) electrons. The predicted octanol–water partition coefficient (Wildman–Crippen LogP) is 4.43. The highest BCUT2D eigenvalue weighted by atomic mass is 14.9. The van der Waals surface area contributed by atoms with Crippen molar-refractivity contribution in [3.63, 3.8) is 0 Å². The van der Waals surface area contributed by atoms with Crippen LogP contribution in [-0.4, -0.2) is 0 Å². The third-order valence-corrected chi connectivity index (χ3v) is 3.75. The molecule has 1 heteroatoms. The number of nitrogens with zero attached hydrogens (tertiary/aromatic N) is 1. The summed E-state index contributed by atoms with van der Waals surface area (Å²) in [6.45, 7) is 12.9. The zero-order valence-electron chi connectivity index (χ0n) is 13.2. The van der Waals surface area contributed by atoms with Crippen LogP contribution in [0.5, 0.6) is 0 Å². The van der Waals surface area contributed by atoms with Gasteiger partial charge >= 0.3 is 0 Å². The van der Waals surface area contributed by atoms with E-state index in [1.165, 1.54) is 27.9 Å². The summed E-state index contributed by atoms with van der Waals surface area (Å²) >= 11 is 0. The molecular formula is C19H24N+. The van der Waals surface area contributed by atoms with Gasteiger partial charge in [-0.3, -0.25) is 0 Å². The van der Waals surface area contributed by atoms with Crippen LogP contribution in [-0.2, 0) is 12.5 Å². The van der Waals surface area contributed by atoms with E-state index in [1.54, 1.807) is 0 Å². The molecule has 0 N–H and O–H groups in total. The summed E-state index contributed by atoms with van der Waals surface area (Å²) in [5.41, 5.74) is 6.46. The Kier molecular flexibility index (Phi) is 3.80. The molecule has 0 fully saturated rings. The average Bonchev–Trinajstić information content (AvgIpc) is 2.38. The molecule has 1 heterocycles. The molecular weight excluding hydrogens is 242 g/mol. The van der Waals surface area contributed by atoms with Crippen molar-refractivity contribution >= 4 is 6.08 Å². The van der Waals surface area contributed by atoms with Crippen LogP contribution in [0, 0.1) is 6.92 Å². The number of hydrogen-bond acceptors (Lipinski definition) is 0. The van der Waals surface area contributed by atoms with E-state index in [9.17, 15) is 0 Å². The number of hydrogen-bond donors (Lipinski definition) is 0. The van der Waals surface area contributed by atoms with Gasteiger partial charge in [0.05, 0.1) is 0 Å². The Balaban J connectivity index is 2.69. The normalized spacial score (nSPS) is 11.4. The van der Waals surface area contributed by atoms with Crippen molar-refractivity contribution in [3.05, 3.63) is 59.8 Å². The first kappa shape index (κ1) is 14.5. The van der Waals surface area contributed by atoms with E-state index in [1.807, 2.05) is 6.08 Å². The Morgan fingerprint density at radius 3 is 2.35 bits per heavy atom. The molecule has 0 saturated carbocycles. The Morgan fingerprint density at radius 2 is 1.80 bits per heavy atom. The van der Waals surface area contributed by atoms with Crippen LogP contribution in [0.1, 0.15) is 37.5 Å². The van der Waals surface area contributed by atoms with Gasteiger partial charge in [-0.05, 0) is 29.5 Å². The Labute approximate surface area is 122 Å². The maximum atomic E-state index is 3.98. The van der Waals surface area contributed by atoms with Crippen molar-refractivity contribution in [2.24, 2.45) is 7.05 Å². The van der Waals surface area contributed by atoms with Gasteiger partial charge in [0.2, 0.25) is 5.69 Å². The highest BCUT2D eigenvalue weighted by molar-refractivity contribution is 5.65. The van der Waals surface area contributed by atoms with Gasteiger partial charge in [-0.25, -0.2) is 4.57 Å². The summed E-state index contributed by atoms with van der Waals surface area (Å²) in [6.07, 6.45) is 4.20. The molecule has 20 heavy (non-hydrogen) atoms. The van der Waals surface area contributed by atoms with Gasteiger partial charge in [0, 0.05) is 17.2 Å². The molecule has 0 atom stereocenters. The van der Waals surface area contributed by atoms with E-state index in [-0.39, 0.29) is 5.41 Å².